The molecule has 1 spiro atoms. The van der Waals surface area contributed by atoms with Crippen molar-refractivity contribution in [3.63, 3.8) is 0 Å². The zero-order valence-electron chi connectivity index (χ0n) is 11.0. The molecule has 0 aromatic heterocycles. The maximum atomic E-state index is 2.58. The van der Waals surface area contributed by atoms with Crippen LogP contribution >= 0.6 is 0 Å². The molecule has 0 radical (unpaired) electrons. The van der Waals surface area contributed by atoms with Gasteiger partial charge in [-0.1, -0.05) is 57.0 Å². The van der Waals surface area contributed by atoms with Gasteiger partial charge in [-0.2, -0.15) is 0 Å². The third-order valence-electron chi connectivity index (χ3n) is 7.10. The van der Waals surface area contributed by atoms with Gasteiger partial charge in [0.15, 0.2) is 0 Å². The van der Waals surface area contributed by atoms with Crippen LogP contribution in [0.2, 0.25) is 0 Å². The van der Waals surface area contributed by atoms with Crippen LogP contribution in [0, 0.1) is 16.2 Å². The molecule has 90 valence electrons. The second-order valence-electron chi connectivity index (χ2n) is 6.99. The third-order valence-corrected chi connectivity index (χ3v) is 7.10. The Bertz CT molecular complexity index is 454. The van der Waals surface area contributed by atoms with Crippen molar-refractivity contribution >= 4 is 0 Å². The molecule has 17 heavy (non-hydrogen) atoms. The third kappa shape index (κ3) is 0.842. The Balaban J connectivity index is 1.72. The molecule has 3 fully saturated rings. The molecule has 0 amide bonds. The van der Waals surface area contributed by atoms with Crippen LogP contribution in [0.4, 0.5) is 0 Å². The van der Waals surface area contributed by atoms with Crippen molar-refractivity contribution in [1.29, 1.82) is 0 Å². The van der Waals surface area contributed by atoms with Crippen molar-refractivity contribution in [3.05, 3.63) is 35.9 Å². The quantitative estimate of drug-likeness (QED) is 0.647. The van der Waals surface area contributed by atoms with Crippen molar-refractivity contribution in [1.82, 2.24) is 0 Å². The van der Waals surface area contributed by atoms with Crippen LogP contribution in [0.3, 0.4) is 0 Å². The highest BCUT2D eigenvalue weighted by molar-refractivity contribution is 5.44. The van der Waals surface area contributed by atoms with Gasteiger partial charge in [0.2, 0.25) is 0 Å². The predicted octanol–water partition coefficient (Wildman–Crippen LogP) is 4.76. The monoisotopic (exact) mass is 226 g/mol. The van der Waals surface area contributed by atoms with Crippen molar-refractivity contribution in [2.75, 3.05) is 0 Å². The Morgan fingerprint density at radius 1 is 1.00 bits per heavy atom. The summed E-state index contributed by atoms with van der Waals surface area (Å²) in [6, 6.07) is 11.2. The van der Waals surface area contributed by atoms with Gasteiger partial charge in [0.25, 0.3) is 0 Å². The summed E-state index contributed by atoms with van der Waals surface area (Å²) in [6.45, 7) is 5.15. The molecule has 3 saturated carbocycles. The Morgan fingerprint density at radius 2 is 1.65 bits per heavy atom. The lowest BCUT2D eigenvalue weighted by Crippen LogP contribution is -2.30. The molecule has 0 N–H and O–H groups in total. The number of fused-ring (bicyclic) bond motifs is 3. The molecule has 0 aliphatic heterocycles. The van der Waals surface area contributed by atoms with E-state index in [4.69, 9.17) is 0 Å². The Morgan fingerprint density at radius 3 is 2.29 bits per heavy atom. The van der Waals surface area contributed by atoms with Crippen LogP contribution in [0.5, 0.6) is 0 Å². The molecule has 3 aliphatic rings. The summed E-state index contributed by atoms with van der Waals surface area (Å²) in [4.78, 5) is 0. The van der Waals surface area contributed by atoms with Crippen LogP contribution in [0.1, 0.15) is 57.4 Å². The maximum Gasteiger partial charge on any atom is -0.00914 e. The van der Waals surface area contributed by atoms with Gasteiger partial charge in [0.05, 0.1) is 0 Å². The molecule has 1 aromatic rings. The summed E-state index contributed by atoms with van der Waals surface area (Å²) in [5.74, 6) is 0.840. The second kappa shape index (κ2) is 2.79. The van der Waals surface area contributed by atoms with Crippen LogP contribution in [-0.2, 0) is 0 Å². The first-order valence-corrected chi connectivity index (χ1v) is 7.21. The minimum Gasteiger partial charge on any atom is -0.0622 e. The van der Waals surface area contributed by atoms with Gasteiger partial charge in [0, 0.05) is 0 Å². The fourth-order valence-corrected chi connectivity index (χ4v) is 6.00. The summed E-state index contributed by atoms with van der Waals surface area (Å²) < 4.78 is 0. The lowest BCUT2D eigenvalue weighted by molar-refractivity contribution is 0.169. The summed E-state index contributed by atoms with van der Waals surface area (Å²) in [7, 11) is 0. The fraction of sp³-hybridized carbons (Fsp3) is 0.647. The first-order valence-electron chi connectivity index (χ1n) is 7.21. The minimum atomic E-state index is 0.623. The van der Waals surface area contributed by atoms with Gasteiger partial charge in [0.1, 0.15) is 0 Å². The van der Waals surface area contributed by atoms with Crippen molar-refractivity contribution in [3.8, 4) is 0 Å². The largest absolute Gasteiger partial charge is 0.0622 e. The molecule has 3 atom stereocenters. The highest BCUT2D eigenvalue weighted by atomic mass is 14.9. The first-order chi connectivity index (χ1) is 8.16. The van der Waals surface area contributed by atoms with Gasteiger partial charge in [-0.15, -0.1) is 0 Å². The summed E-state index contributed by atoms with van der Waals surface area (Å²) in [5.41, 5.74) is 3.62. The van der Waals surface area contributed by atoms with Gasteiger partial charge < -0.3 is 0 Å². The topological polar surface area (TPSA) is 0 Å². The van der Waals surface area contributed by atoms with Crippen LogP contribution < -0.4 is 0 Å². The van der Waals surface area contributed by atoms with E-state index in [1.165, 1.54) is 32.1 Å². The van der Waals surface area contributed by atoms with Gasteiger partial charge in [-0.3, -0.25) is 0 Å². The molecular weight excluding hydrogens is 204 g/mol. The van der Waals surface area contributed by atoms with Crippen LogP contribution in [0.25, 0.3) is 0 Å². The first kappa shape index (κ1) is 10.2. The van der Waals surface area contributed by atoms with Gasteiger partial charge in [-0.05, 0) is 47.0 Å². The van der Waals surface area contributed by atoms with Crippen molar-refractivity contribution in [2.24, 2.45) is 16.2 Å². The Labute approximate surface area is 104 Å². The van der Waals surface area contributed by atoms with E-state index in [1.54, 1.807) is 5.56 Å². The molecule has 0 nitrogen and oxygen atoms in total. The van der Waals surface area contributed by atoms with Crippen LogP contribution in [-0.4, -0.2) is 0 Å². The fourth-order valence-electron chi connectivity index (χ4n) is 6.00. The molecular formula is C17H22. The standard InChI is InChI=1S/C17H22/c1-15-12-14(13-8-4-3-5-9-13)16(15,2)17(15)10-6-7-11-17/h3-5,8-9,14H,6-7,10-12H2,1-2H3/t14-,15+,16-/m0/s1. The lowest BCUT2D eigenvalue weighted by Gasteiger charge is -2.40. The molecule has 1 aromatic carbocycles. The molecule has 0 bridgehead atoms. The summed E-state index contributed by atoms with van der Waals surface area (Å²) >= 11 is 0. The lowest BCUT2D eigenvalue weighted by atomic mass is 9.64. The average molecular weight is 226 g/mol. The maximum absolute atomic E-state index is 2.58. The second-order valence-corrected chi connectivity index (χ2v) is 6.99. The van der Waals surface area contributed by atoms with E-state index in [0.717, 1.165) is 11.3 Å². The molecule has 0 unspecified atom stereocenters. The smallest absolute Gasteiger partial charge is 0.00914 e. The highest BCUT2D eigenvalue weighted by Gasteiger charge is 2.89. The van der Waals surface area contributed by atoms with Crippen molar-refractivity contribution < 1.29 is 0 Å². The van der Waals surface area contributed by atoms with E-state index < -0.39 is 0 Å². The number of hydrogen-bond acceptors (Lipinski definition) is 0. The van der Waals surface area contributed by atoms with E-state index in [0.29, 0.717) is 10.8 Å². The highest BCUT2D eigenvalue weighted by Crippen LogP contribution is 2.96. The van der Waals surface area contributed by atoms with E-state index >= 15 is 0 Å². The average Bonchev–Trinajstić information content (AvgIpc) is 2.78. The van der Waals surface area contributed by atoms with E-state index in [-0.39, 0.29) is 0 Å². The molecule has 0 saturated heterocycles. The summed E-state index contributed by atoms with van der Waals surface area (Å²) in [6.07, 6.45) is 7.40. The SMILES string of the molecule is C[C@@]12C[C@@H](c3ccccc3)[C@]1(C)C21CCCC1. The Kier molecular flexibility index (Phi) is 1.67. The van der Waals surface area contributed by atoms with E-state index in [2.05, 4.69) is 44.2 Å². The number of hydrogen-bond donors (Lipinski definition) is 0. The molecule has 0 heterocycles. The van der Waals surface area contributed by atoms with Gasteiger partial charge in [-0.25, -0.2) is 0 Å². The number of benzene rings is 1. The normalized spacial score (nSPS) is 45.4. The zero-order chi connectivity index (χ0) is 11.7. The Hall–Kier alpha value is -0.780. The molecule has 3 aliphatic carbocycles. The van der Waals surface area contributed by atoms with Crippen LogP contribution in [0.15, 0.2) is 30.3 Å². The zero-order valence-corrected chi connectivity index (χ0v) is 11.0. The van der Waals surface area contributed by atoms with E-state index in [9.17, 15) is 0 Å². The van der Waals surface area contributed by atoms with E-state index in [1.807, 2.05) is 0 Å². The molecule has 4 rings (SSSR count). The predicted molar refractivity (Wildman–Crippen MR) is 70.9 cm³/mol. The van der Waals surface area contributed by atoms with Crippen molar-refractivity contribution in [2.45, 2.75) is 51.9 Å². The summed E-state index contributed by atoms with van der Waals surface area (Å²) in [5, 5.41) is 0. The minimum absolute atomic E-state index is 0.623. The molecule has 0 heteroatoms. The number of rotatable bonds is 1. The van der Waals surface area contributed by atoms with Gasteiger partial charge >= 0.3 is 0 Å².